The van der Waals surface area contributed by atoms with Crippen LogP contribution in [0.4, 0.5) is 0 Å². The maximum atomic E-state index is 12.1. The van der Waals surface area contributed by atoms with Crippen LogP contribution in [-0.4, -0.2) is 26.7 Å². The van der Waals surface area contributed by atoms with Crippen molar-refractivity contribution >= 4 is 10.0 Å². The number of nitrogens with one attached hydrogen (secondary N) is 1. The molecule has 0 fully saturated rings. The van der Waals surface area contributed by atoms with E-state index in [1.807, 2.05) is 13.0 Å². The van der Waals surface area contributed by atoms with Crippen LogP contribution in [0.3, 0.4) is 0 Å². The van der Waals surface area contributed by atoms with Crippen LogP contribution < -0.4 is 4.72 Å². The maximum absolute atomic E-state index is 12.1. The van der Waals surface area contributed by atoms with Gasteiger partial charge in [-0.2, -0.15) is 0 Å². The van der Waals surface area contributed by atoms with Crippen LogP contribution in [0.5, 0.6) is 0 Å². The normalized spacial score (nSPS) is 13.5. The number of rotatable bonds is 7. The standard InChI is InChI=1S/C13H21NO3S/c1-3-12(8-9-15)10-14-18(16,17)13-7-5-4-6-11(13)2/h4-7,12,14-15H,3,8-10H2,1-2H3. The Morgan fingerprint density at radius 1 is 1.33 bits per heavy atom. The summed E-state index contributed by atoms with van der Waals surface area (Å²) in [6, 6.07) is 6.91. The number of hydrogen-bond donors (Lipinski definition) is 2. The molecular weight excluding hydrogens is 250 g/mol. The summed E-state index contributed by atoms with van der Waals surface area (Å²) in [5.41, 5.74) is 0.736. The van der Waals surface area contributed by atoms with E-state index in [0.29, 0.717) is 17.9 Å². The fourth-order valence-corrected chi connectivity index (χ4v) is 3.16. The summed E-state index contributed by atoms with van der Waals surface area (Å²) < 4.78 is 26.8. The Hall–Kier alpha value is -0.910. The van der Waals surface area contributed by atoms with E-state index >= 15 is 0 Å². The molecule has 2 N–H and O–H groups in total. The van der Waals surface area contributed by atoms with Crippen LogP contribution in [0.15, 0.2) is 29.2 Å². The lowest BCUT2D eigenvalue weighted by atomic mass is 10.0. The molecule has 1 aromatic rings. The Bertz CT molecular complexity index is 471. The Kier molecular flexibility index (Phi) is 5.78. The second-order valence-corrected chi connectivity index (χ2v) is 6.14. The molecule has 0 heterocycles. The summed E-state index contributed by atoms with van der Waals surface area (Å²) in [5, 5.41) is 8.88. The van der Waals surface area contributed by atoms with Gasteiger partial charge in [-0.25, -0.2) is 13.1 Å². The van der Waals surface area contributed by atoms with Crippen molar-refractivity contribution in [2.75, 3.05) is 13.2 Å². The van der Waals surface area contributed by atoms with Crippen molar-refractivity contribution in [3.05, 3.63) is 29.8 Å². The highest BCUT2D eigenvalue weighted by molar-refractivity contribution is 7.89. The molecule has 0 bridgehead atoms. The molecule has 0 aliphatic rings. The molecule has 0 aliphatic heterocycles. The van der Waals surface area contributed by atoms with E-state index in [0.717, 1.165) is 12.0 Å². The smallest absolute Gasteiger partial charge is 0.240 e. The monoisotopic (exact) mass is 271 g/mol. The van der Waals surface area contributed by atoms with Gasteiger partial charge in [-0.05, 0) is 30.9 Å². The molecule has 0 spiro atoms. The minimum atomic E-state index is -3.45. The molecular formula is C13H21NO3S. The third-order valence-corrected chi connectivity index (χ3v) is 4.64. The SMILES string of the molecule is CCC(CCO)CNS(=O)(=O)c1ccccc1C. The van der Waals surface area contributed by atoms with Crippen LogP contribution in [0.1, 0.15) is 25.3 Å². The van der Waals surface area contributed by atoms with Crippen LogP contribution in [0, 0.1) is 12.8 Å². The molecule has 102 valence electrons. The van der Waals surface area contributed by atoms with Crippen molar-refractivity contribution in [3.8, 4) is 0 Å². The third-order valence-electron chi connectivity index (χ3n) is 3.06. The lowest BCUT2D eigenvalue weighted by Crippen LogP contribution is -2.30. The summed E-state index contributed by atoms with van der Waals surface area (Å²) in [6.45, 7) is 4.22. The molecule has 1 aromatic carbocycles. The minimum absolute atomic E-state index is 0.0879. The highest BCUT2D eigenvalue weighted by atomic mass is 32.2. The van der Waals surface area contributed by atoms with Gasteiger partial charge in [0.2, 0.25) is 10.0 Å². The van der Waals surface area contributed by atoms with Gasteiger partial charge < -0.3 is 5.11 Å². The van der Waals surface area contributed by atoms with E-state index in [9.17, 15) is 8.42 Å². The van der Waals surface area contributed by atoms with Crippen molar-refractivity contribution in [1.82, 2.24) is 4.72 Å². The third kappa shape index (κ3) is 4.08. The molecule has 0 saturated heterocycles. The molecule has 0 aliphatic carbocycles. The van der Waals surface area contributed by atoms with Gasteiger partial charge in [-0.15, -0.1) is 0 Å². The lowest BCUT2D eigenvalue weighted by molar-refractivity contribution is 0.254. The van der Waals surface area contributed by atoms with E-state index in [4.69, 9.17) is 5.11 Å². The van der Waals surface area contributed by atoms with Gasteiger partial charge >= 0.3 is 0 Å². The zero-order valence-corrected chi connectivity index (χ0v) is 11.7. The van der Waals surface area contributed by atoms with Crippen LogP contribution in [0.25, 0.3) is 0 Å². The Balaban J connectivity index is 2.74. The average Bonchev–Trinajstić information content (AvgIpc) is 2.34. The average molecular weight is 271 g/mol. The second-order valence-electron chi connectivity index (χ2n) is 4.40. The van der Waals surface area contributed by atoms with Gasteiger partial charge in [0.25, 0.3) is 0 Å². The Morgan fingerprint density at radius 2 is 2.00 bits per heavy atom. The number of aliphatic hydroxyl groups is 1. The summed E-state index contributed by atoms with van der Waals surface area (Å²) in [4.78, 5) is 0.323. The first-order chi connectivity index (χ1) is 8.51. The lowest BCUT2D eigenvalue weighted by Gasteiger charge is -2.15. The van der Waals surface area contributed by atoms with Gasteiger partial charge in [0.15, 0.2) is 0 Å². The summed E-state index contributed by atoms with van der Waals surface area (Å²) >= 11 is 0. The van der Waals surface area contributed by atoms with E-state index in [1.165, 1.54) is 0 Å². The largest absolute Gasteiger partial charge is 0.396 e. The predicted octanol–water partition coefficient (Wildman–Crippen LogP) is 1.68. The first kappa shape index (κ1) is 15.1. The minimum Gasteiger partial charge on any atom is -0.396 e. The van der Waals surface area contributed by atoms with E-state index in [1.54, 1.807) is 25.1 Å². The van der Waals surface area contributed by atoms with Gasteiger partial charge in [-0.1, -0.05) is 31.5 Å². The van der Waals surface area contributed by atoms with Gasteiger partial charge in [0, 0.05) is 13.2 Å². The molecule has 1 unspecified atom stereocenters. The van der Waals surface area contributed by atoms with Gasteiger partial charge in [-0.3, -0.25) is 0 Å². The molecule has 0 saturated carbocycles. The number of sulfonamides is 1. The molecule has 0 amide bonds. The predicted molar refractivity (Wildman–Crippen MR) is 71.9 cm³/mol. The number of benzene rings is 1. The van der Waals surface area contributed by atoms with Gasteiger partial charge in [0.1, 0.15) is 0 Å². The van der Waals surface area contributed by atoms with Crippen molar-refractivity contribution in [3.63, 3.8) is 0 Å². The highest BCUT2D eigenvalue weighted by Crippen LogP contribution is 2.15. The molecule has 0 radical (unpaired) electrons. The first-order valence-corrected chi connectivity index (χ1v) is 7.65. The topological polar surface area (TPSA) is 66.4 Å². The zero-order valence-electron chi connectivity index (χ0n) is 10.9. The molecule has 1 atom stereocenters. The maximum Gasteiger partial charge on any atom is 0.240 e. The molecule has 5 heteroatoms. The van der Waals surface area contributed by atoms with Crippen LogP contribution in [-0.2, 0) is 10.0 Å². The van der Waals surface area contributed by atoms with Crippen molar-refractivity contribution in [2.45, 2.75) is 31.6 Å². The van der Waals surface area contributed by atoms with Crippen molar-refractivity contribution < 1.29 is 13.5 Å². The number of aryl methyl sites for hydroxylation is 1. The molecule has 18 heavy (non-hydrogen) atoms. The van der Waals surface area contributed by atoms with Crippen molar-refractivity contribution in [1.29, 1.82) is 0 Å². The van der Waals surface area contributed by atoms with Crippen LogP contribution >= 0.6 is 0 Å². The van der Waals surface area contributed by atoms with Gasteiger partial charge in [0.05, 0.1) is 4.90 Å². The summed E-state index contributed by atoms with van der Waals surface area (Å²) in [6.07, 6.45) is 1.46. The fourth-order valence-electron chi connectivity index (χ4n) is 1.80. The van der Waals surface area contributed by atoms with Crippen LogP contribution in [0.2, 0.25) is 0 Å². The molecule has 4 nitrogen and oxygen atoms in total. The zero-order chi connectivity index (χ0) is 13.6. The van der Waals surface area contributed by atoms with E-state index in [2.05, 4.69) is 4.72 Å². The van der Waals surface area contributed by atoms with E-state index < -0.39 is 10.0 Å². The highest BCUT2D eigenvalue weighted by Gasteiger charge is 2.17. The quantitative estimate of drug-likeness (QED) is 0.793. The Morgan fingerprint density at radius 3 is 2.56 bits per heavy atom. The number of hydrogen-bond acceptors (Lipinski definition) is 3. The van der Waals surface area contributed by atoms with Crippen molar-refractivity contribution in [2.24, 2.45) is 5.92 Å². The summed E-state index contributed by atoms with van der Waals surface area (Å²) in [5.74, 6) is 0.175. The fraction of sp³-hybridized carbons (Fsp3) is 0.538. The number of aliphatic hydroxyl groups excluding tert-OH is 1. The Labute approximate surface area is 109 Å². The molecule has 1 rings (SSSR count). The second kappa shape index (κ2) is 6.87. The first-order valence-electron chi connectivity index (χ1n) is 6.17. The van der Waals surface area contributed by atoms with E-state index in [-0.39, 0.29) is 12.5 Å². The summed E-state index contributed by atoms with van der Waals surface area (Å²) in [7, 11) is -3.45. The molecule has 0 aromatic heterocycles.